The van der Waals surface area contributed by atoms with E-state index in [4.69, 9.17) is 12.2 Å². The predicted octanol–water partition coefficient (Wildman–Crippen LogP) is 3.76. The first-order chi connectivity index (χ1) is 11.5. The third kappa shape index (κ3) is 4.88. The number of amides is 1. The maximum absolute atomic E-state index is 13.7. The van der Waals surface area contributed by atoms with Crippen LogP contribution in [0.2, 0.25) is 0 Å². The van der Waals surface area contributed by atoms with Crippen LogP contribution in [0.4, 0.5) is 4.39 Å². The Morgan fingerprint density at radius 3 is 2.79 bits per heavy atom. The average molecular weight is 367 g/mol. The van der Waals surface area contributed by atoms with Gasteiger partial charge in [0.1, 0.15) is 10.1 Å². The number of carbonyl (C=O) groups is 2. The van der Waals surface area contributed by atoms with Gasteiger partial charge in [-0.1, -0.05) is 48.6 Å². The van der Waals surface area contributed by atoms with Gasteiger partial charge in [0.2, 0.25) is 0 Å². The first kappa shape index (κ1) is 18.6. The summed E-state index contributed by atoms with van der Waals surface area (Å²) < 4.78 is 18.8. The van der Waals surface area contributed by atoms with E-state index < -0.39 is 0 Å². The molecule has 7 heteroatoms. The van der Waals surface area contributed by atoms with E-state index in [0.717, 1.165) is 12.8 Å². The molecule has 0 bridgehead atoms. The molecule has 2 rings (SSSR count). The Labute approximate surface area is 150 Å². The van der Waals surface area contributed by atoms with Crippen LogP contribution in [-0.4, -0.2) is 34.8 Å². The zero-order valence-corrected chi connectivity index (χ0v) is 14.9. The second kappa shape index (κ2) is 8.94. The van der Waals surface area contributed by atoms with Gasteiger partial charge in [0.15, 0.2) is 0 Å². The molecule has 0 atom stereocenters. The van der Waals surface area contributed by atoms with Gasteiger partial charge >= 0.3 is 5.97 Å². The van der Waals surface area contributed by atoms with Crippen molar-refractivity contribution in [2.24, 2.45) is 0 Å². The zero-order chi connectivity index (χ0) is 17.5. The first-order valence-electron chi connectivity index (χ1n) is 7.59. The van der Waals surface area contributed by atoms with Crippen LogP contribution in [0.25, 0.3) is 6.08 Å². The summed E-state index contributed by atoms with van der Waals surface area (Å²) in [6, 6.07) is 6.30. The molecule has 1 aromatic carbocycles. The van der Waals surface area contributed by atoms with Gasteiger partial charge in [-0.15, -0.1) is 0 Å². The Kier molecular flexibility index (Phi) is 6.93. The molecule has 0 saturated carbocycles. The maximum atomic E-state index is 13.7. The minimum Gasteiger partial charge on any atom is -0.469 e. The molecule has 1 heterocycles. The highest BCUT2D eigenvalue weighted by atomic mass is 32.2. The summed E-state index contributed by atoms with van der Waals surface area (Å²) in [5.74, 6) is -0.791. The number of nitrogens with zero attached hydrogens (tertiary/aromatic N) is 1. The molecule has 24 heavy (non-hydrogen) atoms. The Morgan fingerprint density at radius 1 is 1.33 bits per heavy atom. The molecule has 0 N–H and O–H groups in total. The zero-order valence-electron chi connectivity index (χ0n) is 13.3. The van der Waals surface area contributed by atoms with E-state index in [1.165, 1.54) is 35.9 Å². The molecular weight excluding hydrogens is 349 g/mol. The van der Waals surface area contributed by atoms with E-state index in [2.05, 4.69) is 4.74 Å². The Balaban J connectivity index is 1.90. The first-order valence-corrected chi connectivity index (χ1v) is 8.82. The van der Waals surface area contributed by atoms with E-state index in [1.807, 2.05) is 0 Å². The molecule has 0 radical (unpaired) electrons. The number of thioether (sulfide) groups is 1. The third-order valence-corrected chi connectivity index (χ3v) is 4.93. The van der Waals surface area contributed by atoms with Gasteiger partial charge in [0.05, 0.1) is 12.0 Å². The van der Waals surface area contributed by atoms with Crippen LogP contribution in [0.3, 0.4) is 0 Å². The van der Waals surface area contributed by atoms with Crippen LogP contribution >= 0.6 is 24.0 Å². The van der Waals surface area contributed by atoms with Crippen molar-refractivity contribution >= 4 is 46.3 Å². The van der Waals surface area contributed by atoms with Crippen LogP contribution in [0.1, 0.15) is 31.2 Å². The minimum atomic E-state index is -0.370. The van der Waals surface area contributed by atoms with Gasteiger partial charge in [0, 0.05) is 18.5 Å². The summed E-state index contributed by atoms with van der Waals surface area (Å²) in [5.41, 5.74) is 0.371. The normalized spacial score (nSPS) is 16.1. The monoisotopic (exact) mass is 367 g/mol. The number of benzene rings is 1. The third-order valence-electron chi connectivity index (χ3n) is 3.56. The minimum absolute atomic E-state index is 0.193. The topological polar surface area (TPSA) is 46.6 Å². The Bertz CT molecular complexity index is 676. The van der Waals surface area contributed by atoms with Crippen LogP contribution < -0.4 is 0 Å². The largest absolute Gasteiger partial charge is 0.469 e. The summed E-state index contributed by atoms with van der Waals surface area (Å²) in [4.78, 5) is 25.4. The molecule has 1 fully saturated rings. The molecule has 0 aliphatic carbocycles. The van der Waals surface area contributed by atoms with Crippen LogP contribution in [0, 0.1) is 5.82 Å². The molecule has 1 aromatic rings. The molecule has 1 saturated heterocycles. The van der Waals surface area contributed by atoms with Crippen LogP contribution in [-0.2, 0) is 14.3 Å². The highest BCUT2D eigenvalue weighted by Gasteiger charge is 2.31. The van der Waals surface area contributed by atoms with Gasteiger partial charge < -0.3 is 4.74 Å². The lowest BCUT2D eigenvalue weighted by molar-refractivity contribution is -0.140. The van der Waals surface area contributed by atoms with E-state index in [1.54, 1.807) is 18.2 Å². The van der Waals surface area contributed by atoms with Crippen LogP contribution in [0.5, 0.6) is 0 Å². The van der Waals surface area contributed by atoms with E-state index in [-0.39, 0.29) is 17.7 Å². The van der Waals surface area contributed by atoms with Gasteiger partial charge in [-0.05, 0) is 25.0 Å². The summed E-state index contributed by atoms with van der Waals surface area (Å²) in [6.45, 7) is 0.500. The number of ether oxygens (including phenoxy) is 1. The number of rotatable bonds is 7. The van der Waals surface area contributed by atoms with Gasteiger partial charge in [-0.25, -0.2) is 4.39 Å². The Hall–Kier alpha value is -1.73. The second-order valence-electron chi connectivity index (χ2n) is 5.24. The van der Waals surface area contributed by atoms with Crippen molar-refractivity contribution in [2.75, 3.05) is 13.7 Å². The smallest absolute Gasteiger partial charge is 0.305 e. The van der Waals surface area contributed by atoms with Crippen molar-refractivity contribution < 1.29 is 18.7 Å². The number of unbranched alkanes of at least 4 members (excludes halogenated alkanes) is 2. The highest BCUT2D eigenvalue weighted by Crippen LogP contribution is 2.33. The van der Waals surface area contributed by atoms with Crippen LogP contribution in [0.15, 0.2) is 29.2 Å². The number of thiocarbonyl (C=S) groups is 1. The summed E-state index contributed by atoms with van der Waals surface area (Å²) in [7, 11) is 1.37. The fourth-order valence-electron chi connectivity index (χ4n) is 2.24. The van der Waals surface area contributed by atoms with Gasteiger partial charge in [0.25, 0.3) is 5.91 Å². The molecule has 0 spiro atoms. The number of esters is 1. The Morgan fingerprint density at radius 2 is 2.08 bits per heavy atom. The van der Waals surface area contributed by atoms with E-state index in [9.17, 15) is 14.0 Å². The van der Waals surface area contributed by atoms with Crippen molar-refractivity contribution in [3.8, 4) is 0 Å². The van der Waals surface area contributed by atoms with E-state index >= 15 is 0 Å². The lowest BCUT2D eigenvalue weighted by Gasteiger charge is -2.13. The standard InChI is InChI=1S/C17H18FNO3S2/c1-22-15(20)9-3-2-6-10-19-16(21)14(24-17(19)23)11-12-7-4-5-8-13(12)18/h4-5,7-8,11H,2-3,6,9-10H2,1H3/b14-11+. The fraction of sp³-hybridized carbons (Fsp3) is 0.353. The average Bonchev–Trinajstić information content (AvgIpc) is 2.83. The van der Waals surface area contributed by atoms with Gasteiger partial charge in [-0.2, -0.15) is 0 Å². The quantitative estimate of drug-likeness (QED) is 0.318. The number of methoxy groups -OCH3 is 1. The summed E-state index contributed by atoms with van der Waals surface area (Å²) in [5, 5.41) is 0. The van der Waals surface area contributed by atoms with Gasteiger partial charge in [-0.3, -0.25) is 14.5 Å². The molecular formula is C17H18FNO3S2. The second-order valence-corrected chi connectivity index (χ2v) is 6.92. The summed E-state index contributed by atoms with van der Waals surface area (Å²) in [6.07, 6.45) is 4.18. The number of hydrogen-bond donors (Lipinski definition) is 0. The lowest BCUT2D eigenvalue weighted by atomic mass is 10.2. The molecule has 0 aromatic heterocycles. The molecule has 1 aliphatic heterocycles. The SMILES string of the molecule is COC(=O)CCCCCN1C(=O)/C(=C\c2ccccc2F)SC1=S. The molecule has 0 unspecified atom stereocenters. The number of carbonyl (C=O) groups excluding carboxylic acids is 2. The molecule has 1 amide bonds. The van der Waals surface area contributed by atoms with Crippen molar-refractivity contribution in [2.45, 2.75) is 25.7 Å². The fourth-order valence-corrected chi connectivity index (χ4v) is 3.54. The van der Waals surface area contributed by atoms with Crippen molar-refractivity contribution in [3.63, 3.8) is 0 Å². The highest BCUT2D eigenvalue weighted by molar-refractivity contribution is 8.26. The lowest BCUT2D eigenvalue weighted by Crippen LogP contribution is -2.29. The molecule has 1 aliphatic rings. The molecule has 4 nitrogen and oxygen atoms in total. The van der Waals surface area contributed by atoms with Crippen molar-refractivity contribution in [1.29, 1.82) is 0 Å². The van der Waals surface area contributed by atoms with E-state index in [0.29, 0.717) is 34.2 Å². The van der Waals surface area contributed by atoms with Crippen molar-refractivity contribution in [3.05, 3.63) is 40.6 Å². The summed E-state index contributed by atoms with van der Waals surface area (Å²) >= 11 is 6.43. The molecule has 128 valence electrons. The maximum Gasteiger partial charge on any atom is 0.305 e. The number of hydrogen-bond acceptors (Lipinski definition) is 5. The predicted molar refractivity (Wildman–Crippen MR) is 96.8 cm³/mol. The van der Waals surface area contributed by atoms with Crippen molar-refractivity contribution in [1.82, 2.24) is 4.90 Å². The number of halogens is 1.